The number of amides is 2. The lowest BCUT2D eigenvalue weighted by molar-refractivity contribution is -0.897. The van der Waals surface area contributed by atoms with Gasteiger partial charge in [0.2, 0.25) is 5.91 Å². The molecule has 0 spiro atoms. The van der Waals surface area contributed by atoms with Crippen LogP contribution >= 0.6 is 0 Å². The van der Waals surface area contributed by atoms with Gasteiger partial charge in [0, 0.05) is 35.5 Å². The van der Waals surface area contributed by atoms with Crippen molar-refractivity contribution in [3.63, 3.8) is 0 Å². The maximum Gasteiger partial charge on any atom is 0.279 e. The van der Waals surface area contributed by atoms with Crippen LogP contribution in [0.15, 0.2) is 72.8 Å². The van der Waals surface area contributed by atoms with Crippen LogP contribution in [0.4, 0.5) is 11.4 Å². The molecule has 0 saturated carbocycles. The Hall–Kier alpha value is -3.18. The van der Waals surface area contributed by atoms with Crippen LogP contribution < -0.4 is 15.5 Å². The molecule has 0 unspecified atom stereocenters. The number of hydrogen-bond acceptors (Lipinski definition) is 2. The summed E-state index contributed by atoms with van der Waals surface area (Å²) >= 11 is 0. The molecule has 1 aliphatic heterocycles. The Balaban J connectivity index is 1.28. The summed E-state index contributed by atoms with van der Waals surface area (Å²) in [5.74, 6) is 0.110. The van der Waals surface area contributed by atoms with Gasteiger partial charge < -0.3 is 15.5 Å². The van der Waals surface area contributed by atoms with Gasteiger partial charge in [-0.15, -0.1) is 0 Å². The molecule has 1 saturated heterocycles. The Morgan fingerprint density at radius 3 is 2.31 bits per heavy atom. The van der Waals surface area contributed by atoms with Crippen molar-refractivity contribution >= 4 is 34.0 Å². The Kier molecular flexibility index (Phi) is 5.86. The molecule has 148 valence electrons. The van der Waals surface area contributed by atoms with Crippen molar-refractivity contribution in [1.82, 2.24) is 0 Å². The number of para-hydroxylation sites is 1. The fraction of sp³-hybridized carbons (Fsp3) is 0.250. The molecule has 29 heavy (non-hydrogen) atoms. The van der Waals surface area contributed by atoms with Crippen LogP contribution in [-0.2, 0) is 9.59 Å². The minimum atomic E-state index is 0.0140. The third-order valence-corrected chi connectivity index (χ3v) is 5.58. The van der Waals surface area contributed by atoms with E-state index in [1.807, 2.05) is 72.8 Å². The molecule has 0 radical (unpaired) electrons. The first-order chi connectivity index (χ1) is 14.2. The third-order valence-electron chi connectivity index (χ3n) is 5.58. The van der Waals surface area contributed by atoms with Crippen LogP contribution in [0.2, 0.25) is 0 Å². The van der Waals surface area contributed by atoms with Gasteiger partial charge in [-0.05, 0) is 23.6 Å². The van der Waals surface area contributed by atoms with E-state index in [4.69, 9.17) is 0 Å². The molecule has 1 fully saturated rings. The van der Waals surface area contributed by atoms with Gasteiger partial charge >= 0.3 is 0 Å². The molecule has 2 amide bonds. The highest BCUT2D eigenvalue weighted by Crippen LogP contribution is 2.22. The molecule has 4 rings (SSSR count). The van der Waals surface area contributed by atoms with Crippen molar-refractivity contribution in [2.24, 2.45) is 5.92 Å². The summed E-state index contributed by atoms with van der Waals surface area (Å²) < 4.78 is 0. The lowest BCUT2D eigenvalue weighted by Gasteiger charge is -2.28. The van der Waals surface area contributed by atoms with Crippen LogP contribution in [0.5, 0.6) is 0 Å². The van der Waals surface area contributed by atoms with Gasteiger partial charge in [0.1, 0.15) is 0 Å². The van der Waals surface area contributed by atoms with Crippen molar-refractivity contribution in [2.75, 3.05) is 30.3 Å². The number of carbonyl (C=O) groups is 2. The second kappa shape index (κ2) is 8.88. The molecule has 0 atom stereocenters. The van der Waals surface area contributed by atoms with Crippen LogP contribution in [-0.4, -0.2) is 31.4 Å². The lowest BCUT2D eigenvalue weighted by Crippen LogP contribution is -3.14. The second-order valence-electron chi connectivity index (χ2n) is 7.63. The second-order valence-corrected chi connectivity index (χ2v) is 7.63. The highest BCUT2D eigenvalue weighted by molar-refractivity contribution is 6.02. The fourth-order valence-electron chi connectivity index (χ4n) is 3.99. The van der Waals surface area contributed by atoms with E-state index in [0.29, 0.717) is 6.54 Å². The molecule has 3 N–H and O–H groups in total. The molecule has 0 aliphatic carbocycles. The molecule has 1 aliphatic rings. The summed E-state index contributed by atoms with van der Waals surface area (Å²) in [5, 5.41) is 8.21. The van der Waals surface area contributed by atoms with E-state index in [1.165, 1.54) is 4.90 Å². The van der Waals surface area contributed by atoms with Gasteiger partial charge in [-0.1, -0.05) is 54.6 Å². The van der Waals surface area contributed by atoms with E-state index >= 15 is 0 Å². The number of hydrogen-bond donors (Lipinski definition) is 3. The predicted molar refractivity (Wildman–Crippen MR) is 116 cm³/mol. The Morgan fingerprint density at radius 1 is 0.828 bits per heavy atom. The van der Waals surface area contributed by atoms with E-state index in [9.17, 15) is 9.59 Å². The Labute approximate surface area is 170 Å². The maximum atomic E-state index is 12.6. The molecule has 1 heterocycles. The molecule has 3 aromatic rings. The van der Waals surface area contributed by atoms with Crippen LogP contribution in [0.1, 0.15) is 12.8 Å². The monoisotopic (exact) mass is 388 g/mol. The highest BCUT2D eigenvalue weighted by Gasteiger charge is 2.28. The van der Waals surface area contributed by atoms with Crippen LogP contribution in [0, 0.1) is 5.92 Å². The minimum absolute atomic E-state index is 0.0140. The molecule has 5 heteroatoms. The van der Waals surface area contributed by atoms with Gasteiger partial charge in [-0.25, -0.2) is 0 Å². The van der Waals surface area contributed by atoms with Crippen molar-refractivity contribution in [1.29, 1.82) is 0 Å². The smallest absolute Gasteiger partial charge is 0.279 e. The Bertz CT molecular complexity index is 990. The number of quaternary nitrogens is 1. The first-order valence-corrected chi connectivity index (χ1v) is 10.2. The zero-order valence-electron chi connectivity index (χ0n) is 16.4. The summed E-state index contributed by atoms with van der Waals surface area (Å²) in [6, 6.07) is 23.5. The molecular weight excluding hydrogens is 362 g/mol. The largest absolute Gasteiger partial charge is 0.327 e. The number of anilines is 2. The highest BCUT2D eigenvalue weighted by atomic mass is 16.2. The molecule has 0 aromatic heterocycles. The van der Waals surface area contributed by atoms with Gasteiger partial charge in [0.25, 0.3) is 5.91 Å². The maximum absolute atomic E-state index is 12.6. The van der Waals surface area contributed by atoms with E-state index < -0.39 is 0 Å². The molecule has 3 aromatic carbocycles. The predicted octanol–water partition coefficient (Wildman–Crippen LogP) is 2.71. The molecular formula is C24H26N3O2+. The van der Waals surface area contributed by atoms with Crippen molar-refractivity contribution in [3.8, 4) is 0 Å². The number of benzene rings is 3. The summed E-state index contributed by atoms with van der Waals surface area (Å²) in [6.07, 6.45) is 1.60. The average molecular weight is 388 g/mol. The number of likely N-dealkylation sites (tertiary alicyclic amines) is 1. The van der Waals surface area contributed by atoms with E-state index in [2.05, 4.69) is 10.6 Å². The fourth-order valence-corrected chi connectivity index (χ4v) is 3.99. The number of carbonyl (C=O) groups excluding carboxylic acids is 2. The quantitative estimate of drug-likeness (QED) is 0.629. The Morgan fingerprint density at radius 2 is 1.52 bits per heavy atom. The number of piperidine rings is 1. The first kappa shape index (κ1) is 19.2. The number of rotatable bonds is 5. The number of nitrogens with one attached hydrogen (secondary N) is 3. The third kappa shape index (κ3) is 4.81. The topological polar surface area (TPSA) is 62.6 Å². The molecule has 0 bridgehead atoms. The summed E-state index contributed by atoms with van der Waals surface area (Å²) in [7, 11) is 0. The average Bonchev–Trinajstić information content (AvgIpc) is 2.75. The summed E-state index contributed by atoms with van der Waals surface area (Å²) in [5.41, 5.74) is 1.69. The van der Waals surface area contributed by atoms with Gasteiger partial charge in [0.05, 0.1) is 13.1 Å². The summed E-state index contributed by atoms with van der Waals surface area (Å²) in [6.45, 7) is 2.09. The normalized spacial score (nSPS) is 18.9. The van der Waals surface area contributed by atoms with Gasteiger partial charge in [-0.2, -0.15) is 0 Å². The first-order valence-electron chi connectivity index (χ1n) is 10.2. The summed E-state index contributed by atoms with van der Waals surface area (Å²) in [4.78, 5) is 26.3. The molecule has 5 nitrogen and oxygen atoms in total. The zero-order chi connectivity index (χ0) is 20.1. The number of fused-ring (bicyclic) bond motifs is 1. The van der Waals surface area contributed by atoms with Crippen molar-refractivity contribution in [3.05, 3.63) is 72.8 Å². The van der Waals surface area contributed by atoms with E-state index in [1.54, 1.807) is 0 Å². The van der Waals surface area contributed by atoms with Crippen molar-refractivity contribution in [2.45, 2.75) is 12.8 Å². The van der Waals surface area contributed by atoms with Crippen molar-refractivity contribution < 1.29 is 14.5 Å². The van der Waals surface area contributed by atoms with Crippen LogP contribution in [0.25, 0.3) is 10.8 Å². The van der Waals surface area contributed by atoms with E-state index in [-0.39, 0.29) is 17.7 Å². The zero-order valence-corrected chi connectivity index (χ0v) is 16.4. The minimum Gasteiger partial charge on any atom is -0.327 e. The SMILES string of the molecule is O=C(C[NH+]1CCC(C(=O)Nc2ccccc2)CC1)Nc1cccc2ccccc12. The van der Waals surface area contributed by atoms with Crippen LogP contribution in [0.3, 0.4) is 0 Å². The van der Waals surface area contributed by atoms with E-state index in [0.717, 1.165) is 48.1 Å². The van der Waals surface area contributed by atoms with Gasteiger partial charge in [-0.3, -0.25) is 9.59 Å². The standard InChI is InChI=1S/C24H25N3O2/c28-23(26-22-12-6-8-18-7-4-5-11-21(18)22)17-27-15-13-19(14-16-27)24(29)25-20-9-2-1-3-10-20/h1-12,19H,13-17H2,(H,25,29)(H,26,28)/p+1. The van der Waals surface area contributed by atoms with Gasteiger partial charge in [0.15, 0.2) is 6.54 Å². The lowest BCUT2D eigenvalue weighted by atomic mass is 9.96.